The van der Waals surface area contributed by atoms with E-state index in [9.17, 15) is 8.78 Å². The van der Waals surface area contributed by atoms with Crippen molar-refractivity contribution in [3.63, 3.8) is 0 Å². The first-order chi connectivity index (χ1) is 11.2. The first-order valence-electron chi connectivity index (χ1n) is 8.14. The predicted octanol–water partition coefficient (Wildman–Crippen LogP) is 3.72. The van der Waals surface area contributed by atoms with Crippen LogP contribution >= 0.6 is 0 Å². The molecule has 0 bridgehead atoms. The molecule has 0 amide bonds. The third-order valence-electron chi connectivity index (χ3n) is 4.43. The minimum atomic E-state index is -0.388. The summed E-state index contributed by atoms with van der Waals surface area (Å²) in [5, 5.41) is 3.36. The van der Waals surface area contributed by atoms with E-state index in [1.807, 2.05) is 6.07 Å². The highest BCUT2D eigenvalue weighted by Gasteiger charge is 2.19. The normalized spacial score (nSPS) is 16.6. The molecule has 3 rings (SSSR count). The van der Waals surface area contributed by atoms with Gasteiger partial charge < -0.3 is 5.32 Å². The molecule has 1 fully saturated rings. The van der Waals surface area contributed by atoms with E-state index in [-0.39, 0.29) is 11.6 Å². The van der Waals surface area contributed by atoms with Crippen molar-refractivity contribution in [2.75, 3.05) is 13.1 Å². The molecule has 0 radical (unpaired) electrons. The van der Waals surface area contributed by atoms with Gasteiger partial charge in [-0.25, -0.2) is 8.78 Å². The minimum Gasteiger partial charge on any atom is -0.310 e. The molecule has 0 saturated carbocycles. The molecule has 23 heavy (non-hydrogen) atoms. The zero-order chi connectivity index (χ0) is 16.1. The summed E-state index contributed by atoms with van der Waals surface area (Å²) in [7, 11) is 0. The van der Waals surface area contributed by atoms with Crippen molar-refractivity contribution in [2.45, 2.75) is 32.0 Å². The van der Waals surface area contributed by atoms with E-state index < -0.39 is 0 Å². The van der Waals surface area contributed by atoms with Gasteiger partial charge in [-0.3, -0.25) is 4.90 Å². The van der Waals surface area contributed by atoms with Gasteiger partial charge in [0.25, 0.3) is 0 Å². The molecule has 0 aliphatic carbocycles. The molecule has 2 nitrogen and oxygen atoms in total. The summed E-state index contributed by atoms with van der Waals surface area (Å²) in [6.45, 7) is 3.41. The molecule has 0 aromatic heterocycles. The Morgan fingerprint density at radius 1 is 1.00 bits per heavy atom. The van der Waals surface area contributed by atoms with Crippen LogP contribution in [-0.4, -0.2) is 24.0 Å². The zero-order valence-electron chi connectivity index (χ0n) is 13.1. The Morgan fingerprint density at radius 3 is 2.48 bits per heavy atom. The van der Waals surface area contributed by atoms with Crippen LogP contribution in [0.3, 0.4) is 0 Å². The average Bonchev–Trinajstić information content (AvgIpc) is 2.58. The van der Waals surface area contributed by atoms with Gasteiger partial charge in [-0.05, 0) is 49.7 Å². The highest BCUT2D eigenvalue weighted by atomic mass is 19.1. The molecule has 1 aliphatic heterocycles. The molecular weight excluding hydrogens is 294 g/mol. The van der Waals surface area contributed by atoms with Crippen LogP contribution in [0.4, 0.5) is 8.78 Å². The molecule has 1 N–H and O–H groups in total. The van der Waals surface area contributed by atoms with Gasteiger partial charge in [-0.2, -0.15) is 0 Å². The van der Waals surface area contributed by atoms with Gasteiger partial charge in [-0.1, -0.05) is 30.3 Å². The van der Waals surface area contributed by atoms with Crippen molar-refractivity contribution in [3.05, 3.63) is 71.3 Å². The molecule has 0 atom stereocenters. The summed E-state index contributed by atoms with van der Waals surface area (Å²) >= 11 is 0. The summed E-state index contributed by atoms with van der Waals surface area (Å²) in [5.41, 5.74) is 1.73. The Bertz CT molecular complexity index is 623. The molecule has 0 spiro atoms. The largest absolute Gasteiger partial charge is 0.310 e. The Labute approximate surface area is 136 Å². The van der Waals surface area contributed by atoms with E-state index in [2.05, 4.69) is 34.5 Å². The number of rotatable bonds is 5. The number of piperidine rings is 1. The van der Waals surface area contributed by atoms with E-state index >= 15 is 0 Å². The molecule has 4 heteroatoms. The fourth-order valence-electron chi connectivity index (χ4n) is 3.07. The lowest BCUT2D eigenvalue weighted by atomic mass is 10.0. The minimum absolute atomic E-state index is 0.347. The maximum Gasteiger partial charge on any atom is 0.127 e. The number of hydrogen-bond donors (Lipinski definition) is 1. The highest BCUT2D eigenvalue weighted by molar-refractivity contribution is 5.18. The topological polar surface area (TPSA) is 15.3 Å². The second kappa shape index (κ2) is 7.66. The Balaban J connectivity index is 1.45. The highest BCUT2D eigenvalue weighted by Crippen LogP contribution is 2.15. The number of likely N-dealkylation sites (tertiary alicyclic amines) is 1. The molecule has 2 aromatic carbocycles. The fraction of sp³-hybridized carbons (Fsp3) is 0.368. The third-order valence-corrected chi connectivity index (χ3v) is 4.43. The van der Waals surface area contributed by atoms with E-state index in [0.717, 1.165) is 38.5 Å². The van der Waals surface area contributed by atoms with E-state index in [4.69, 9.17) is 0 Å². The molecular formula is C19H22F2N2. The average molecular weight is 316 g/mol. The summed E-state index contributed by atoms with van der Waals surface area (Å²) in [4.78, 5) is 2.44. The van der Waals surface area contributed by atoms with Gasteiger partial charge in [0.2, 0.25) is 0 Å². The number of nitrogens with one attached hydrogen (secondary N) is 1. The first kappa shape index (κ1) is 16.1. The summed E-state index contributed by atoms with van der Waals surface area (Å²) in [6, 6.07) is 14.4. The number of halogens is 2. The van der Waals surface area contributed by atoms with Crippen LogP contribution in [0, 0.1) is 11.6 Å². The van der Waals surface area contributed by atoms with E-state index in [0.29, 0.717) is 18.2 Å². The Morgan fingerprint density at radius 2 is 1.74 bits per heavy atom. The van der Waals surface area contributed by atoms with Crippen LogP contribution in [0.1, 0.15) is 24.0 Å². The standard InChI is InChI=1S/C19H22F2N2/c20-17-6-7-19(21)16(12-17)13-22-18-8-10-23(11-9-18)14-15-4-2-1-3-5-15/h1-7,12,18,22H,8-11,13-14H2. The molecule has 0 unspecified atom stereocenters. The maximum atomic E-state index is 13.6. The third kappa shape index (κ3) is 4.60. The zero-order valence-corrected chi connectivity index (χ0v) is 13.1. The van der Waals surface area contributed by atoms with E-state index in [1.54, 1.807) is 0 Å². The molecule has 1 heterocycles. The first-order valence-corrected chi connectivity index (χ1v) is 8.14. The molecule has 1 saturated heterocycles. The van der Waals surface area contributed by atoms with Gasteiger partial charge in [0.15, 0.2) is 0 Å². The van der Waals surface area contributed by atoms with Gasteiger partial charge in [0, 0.05) is 24.7 Å². The van der Waals surface area contributed by atoms with Crippen LogP contribution in [0.5, 0.6) is 0 Å². The van der Waals surface area contributed by atoms with Crippen molar-refractivity contribution in [1.82, 2.24) is 10.2 Å². The monoisotopic (exact) mass is 316 g/mol. The lowest BCUT2D eigenvalue weighted by Gasteiger charge is -2.32. The Hall–Kier alpha value is -1.78. The molecule has 2 aromatic rings. The lowest BCUT2D eigenvalue weighted by Crippen LogP contribution is -2.41. The van der Waals surface area contributed by atoms with Gasteiger partial charge in [-0.15, -0.1) is 0 Å². The van der Waals surface area contributed by atoms with Crippen molar-refractivity contribution in [2.24, 2.45) is 0 Å². The van der Waals surface area contributed by atoms with Gasteiger partial charge >= 0.3 is 0 Å². The van der Waals surface area contributed by atoms with Crippen LogP contribution in [-0.2, 0) is 13.1 Å². The smallest absolute Gasteiger partial charge is 0.127 e. The SMILES string of the molecule is Fc1ccc(F)c(CNC2CCN(Cc3ccccc3)CC2)c1. The second-order valence-electron chi connectivity index (χ2n) is 6.15. The van der Waals surface area contributed by atoms with E-state index in [1.165, 1.54) is 17.7 Å². The quantitative estimate of drug-likeness (QED) is 0.904. The number of nitrogens with zero attached hydrogens (tertiary/aromatic N) is 1. The summed E-state index contributed by atoms with van der Waals surface area (Å²) in [5.74, 6) is -0.735. The van der Waals surface area contributed by atoms with Crippen LogP contribution in [0.15, 0.2) is 48.5 Å². The van der Waals surface area contributed by atoms with Crippen molar-refractivity contribution in [3.8, 4) is 0 Å². The van der Waals surface area contributed by atoms with Crippen LogP contribution < -0.4 is 5.32 Å². The summed E-state index contributed by atoms with van der Waals surface area (Å²) in [6.07, 6.45) is 2.06. The lowest BCUT2D eigenvalue weighted by molar-refractivity contribution is 0.190. The van der Waals surface area contributed by atoms with Gasteiger partial charge in [0.05, 0.1) is 0 Å². The maximum absolute atomic E-state index is 13.6. The van der Waals surface area contributed by atoms with Crippen molar-refractivity contribution in [1.29, 1.82) is 0 Å². The fourth-order valence-corrected chi connectivity index (χ4v) is 3.07. The van der Waals surface area contributed by atoms with Crippen LogP contribution in [0.2, 0.25) is 0 Å². The summed E-state index contributed by atoms with van der Waals surface area (Å²) < 4.78 is 26.8. The van der Waals surface area contributed by atoms with Crippen molar-refractivity contribution < 1.29 is 8.78 Å². The molecule has 122 valence electrons. The van der Waals surface area contributed by atoms with Crippen LogP contribution in [0.25, 0.3) is 0 Å². The number of hydrogen-bond acceptors (Lipinski definition) is 2. The number of benzene rings is 2. The molecule has 1 aliphatic rings. The second-order valence-corrected chi connectivity index (χ2v) is 6.15. The Kier molecular flexibility index (Phi) is 5.36. The van der Waals surface area contributed by atoms with Gasteiger partial charge in [0.1, 0.15) is 11.6 Å². The van der Waals surface area contributed by atoms with Crippen molar-refractivity contribution >= 4 is 0 Å². The predicted molar refractivity (Wildman–Crippen MR) is 87.9 cm³/mol.